The lowest BCUT2D eigenvalue weighted by Crippen LogP contribution is -2.34. The van der Waals surface area contributed by atoms with E-state index in [1.54, 1.807) is 0 Å². The number of halogens is 2. The quantitative estimate of drug-likeness (QED) is 0.782. The topological polar surface area (TPSA) is 66.4 Å². The SMILES string of the molecule is CC(C(=O)O)C(=O)NCCc1c(F)cccc1F. The van der Waals surface area contributed by atoms with E-state index in [9.17, 15) is 18.4 Å². The summed E-state index contributed by atoms with van der Waals surface area (Å²) in [6.07, 6.45) is -0.0312. The van der Waals surface area contributed by atoms with Gasteiger partial charge in [-0.25, -0.2) is 8.78 Å². The minimum atomic E-state index is -1.25. The first kappa shape index (κ1) is 14.1. The Labute approximate surface area is 103 Å². The van der Waals surface area contributed by atoms with Crippen molar-refractivity contribution in [1.29, 1.82) is 0 Å². The van der Waals surface area contributed by atoms with Crippen molar-refractivity contribution in [2.24, 2.45) is 5.92 Å². The molecule has 0 bridgehead atoms. The molecule has 0 aromatic heterocycles. The third-order valence-corrected chi connectivity index (χ3v) is 2.50. The number of rotatable bonds is 5. The Morgan fingerprint density at radius 2 is 1.89 bits per heavy atom. The van der Waals surface area contributed by atoms with Gasteiger partial charge in [-0.2, -0.15) is 0 Å². The number of hydrogen-bond donors (Lipinski definition) is 2. The lowest BCUT2D eigenvalue weighted by molar-refractivity contribution is -0.146. The van der Waals surface area contributed by atoms with E-state index in [-0.39, 0.29) is 18.5 Å². The highest BCUT2D eigenvalue weighted by atomic mass is 19.1. The molecule has 1 aromatic carbocycles. The van der Waals surface area contributed by atoms with Crippen molar-refractivity contribution < 1.29 is 23.5 Å². The van der Waals surface area contributed by atoms with Gasteiger partial charge in [0.15, 0.2) is 0 Å². The molecule has 1 aromatic rings. The van der Waals surface area contributed by atoms with Gasteiger partial charge in [0, 0.05) is 12.1 Å². The van der Waals surface area contributed by atoms with Crippen molar-refractivity contribution >= 4 is 11.9 Å². The van der Waals surface area contributed by atoms with Crippen molar-refractivity contribution in [2.75, 3.05) is 6.54 Å². The van der Waals surface area contributed by atoms with E-state index < -0.39 is 29.4 Å². The van der Waals surface area contributed by atoms with Gasteiger partial charge in [-0.05, 0) is 25.5 Å². The second-order valence-corrected chi connectivity index (χ2v) is 3.80. The fourth-order valence-electron chi connectivity index (χ4n) is 1.35. The molecule has 18 heavy (non-hydrogen) atoms. The number of carboxylic acids is 1. The number of carbonyl (C=O) groups excluding carboxylic acids is 1. The van der Waals surface area contributed by atoms with Crippen LogP contribution in [0.5, 0.6) is 0 Å². The normalized spacial score (nSPS) is 11.9. The summed E-state index contributed by atoms with van der Waals surface area (Å²) in [6, 6.07) is 3.50. The molecule has 0 aliphatic heterocycles. The van der Waals surface area contributed by atoms with E-state index in [0.29, 0.717) is 0 Å². The van der Waals surface area contributed by atoms with Crippen LogP contribution in [0, 0.1) is 17.6 Å². The zero-order chi connectivity index (χ0) is 13.7. The molecule has 0 saturated heterocycles. The molecule has 2 N–H and O–H groups in total. The van der Waals surface area contributed by atoms with E-state index >= 15 is 0 Å². The molecule has 0 saturated carbocycles. The lowest BCUT2D eigenvalue weighted by Gasteiger charge is -2.09. The molecule has 1 rings (SSSR count). The van der Waals surface area contributed by atoms with Crippen molar-refractivity contribution in [1.82, 2.24) is 5.32 Å². The zero-order valence-corrected chi connectivity index (χ0v) is 9.74. The Hall–Kier alpha value is -1.98. The third kappa shape index (κ3) is 3.51. The standard InChI is InChI=1S/C12H13F2NO3/c1-7(12(17)18)11(16)15-6-5-8-9(13)3-2-4-10(8)14/h2-4,7H,5-6H2,1H3,(H,15,16)(H,17,18). The van der Waals surface area contributed by atoms with Crippen LogP contribution in [0.4, 0.5) is 8.78 Å². The number of carbonyl (C=O) groups is 2. The van der Waals surface area contributed by atoms with Gasteiger partial charge in [0.2, 0.25) is 5.91 Å². The van der Waals surface area contributed by atoms with Crippen molar-refractivity contribution in [2.45, 2.75) is 13.3 Å². The molecule has 0 heterocycles. The van der Waals surface area contributed by atoms with Gasteiger partial charge in [-0.15, -0.1) is 0 Å². The Bertz CT molecular complexity index is 442. The van der Waals surface area contributed by atoms with E-state index in [1.165, 1.54) is 13.0 Å². The van der Waals surface area contributed by atoms with Crippen LogP contribution in [-0.4, -0.2) is 23.5 Å². The number of aliphatic carboxylic acids is 1. The molecular formula is C12H13F2NO3. The molecule has 1 unspecified atom stereocenters. The summed E-state index contributed by atoms with van der Waals surface area (Å²) in [5.41, 5.74) is -0.124. The van der Waals surface area contributed by atoms with Gasteiger partial charge in [0.05, 0.1) is 0 Å². The molecule has 4 nitrogen and oxygen atoms in total. The van der Waals surface area contributed by atoms with Gasteiger partial charge in [-0.3, -0.25) is 9.59 Å². The first-order valence-corrected chi connectivity index (χ1v) is 5.37. The summed E-state index contributed by atoms with van der Waals surface area (Å²) in [6.45, 7) is 1.22. The molecule has 1 amide bonds. The lowest BCUT2D eigenvalue weighted by atomic mass is 10.1. The Balaban J connectivity index is 2.52. The summed E-state index contributed by atoms with van der Waals surface area (Å²) >= 11 is 0. The second-order valence-electron chi connectivity index (χ2n) is 3.80. The molecule has 1 atom stereocenters. The summed E-state index contributed by atoms with van der Waals surface area (Å²) in [4.78, 5) is 21.8. The highest BCUT2D eigenvalue weighted by molar-refractivity contribution is 5.96. The zero-order valence-electron chi connectivity index (χ0n) is 9.74. The first-order valence-electron chi connectivity index (χ1n) is 5.37. The second kappa shape index (κ2) is 6.09. The van der Waals surface area contributed by atoms with Crippen LogP contribution in [0.3, 0.4) is 0 Å². The third-order valence-electron chi connectivity index (χ3n) is 2.50. The van der Waals surface area contributed by atoms with E-state index in [0.717, 1.165) is 12.1 Å². The Morgan fingerprint density at radius 3 is 2.39 bits per heavy atom. The molecule has 0 aliphatic rings. The number of amides is 1. The van der Waals surface area contributed by atoms with Crippen molar-refractivity contribution in [3.8, 4) is 0 Å². The van der Waals surface area contributed by atoms with Crippen LogP contribution in [0.1, 0.15) is 12.5 Å². The summed E-state index contributed by atoms with van der Waals surface area (Å²) < 4.78 is 26.4. The average Bonchev–Trinajstić information content (AvgIpc) is 2.31. The molecule has 0 fully saturated rings. The monoisotopic (exact) mass is 257 g/mol. The molecule has 0 spiro atoms. The number of benzene rings is 1. The van der Waals surface area contributed by atoms with Crippen LogP contribution in [0.15, 0.2) is 18.2 Å². The minimum Gasteiger partial charge on any atom is -0.481 e. The van der Waals surface area contributed by atoms with Gasteiger partial charge in [0.1, 0.15) is 17.6 Å². The van der Waals surface area contributed by atoms with Crippen LogP contribution >= 0.6 is 0 Å². The van der Waals surface area contributed by atoms with Crippen molar-refractivity contribution in [3.05, 3.63) is 35.4 Å². The summed E-state index contributed by atoms with van der Waals surface area (Å²) in [5.74, 6) is -4.48. The Morgan fingerprint density at radius 1 is 1.33 bits per heavy atom. The van der Waals surface area contributed by atoms with E-state index in [2.05, 4.69) is 5.32 Å². The van der Waals surface area contributed by atoms with Crippen LogP contribution in [-0.2, 0) is 16.0 Å². The highest BCUT2D eigenvalue weighted by Gasteiger charge is 2.20. The smallest absolute Gasteiger partial charge is 0.315 e. The highest BCUT2D eigenvalue weighted by Crippen LogP contribution is 2.12. The summed E-state index contributed by atoms with van der Waals surface area (Å²) in [5, 5.41) is 10.9. The van der Waals surface area contributed by atoms with Crippen LogP contribution < -0.4 is 5.32 Å². The number of carboxylic acid groups (broad SMARTS) is 1. The minimum absolute atomic E-state index is 0.0195. The van der Waals surface area contributed by atoms with Crippen molar-refractivity contribution in [3.63, 3.8) is 0 Å². The number of hydrogen-bond acceptors (Lipinski definition) is 2. The molecule has 0 aliphatic carbocycles. The fraction of sp³-hybridized carbons (Fsp3) is 0.333. The van der Waals surface area contributed by atoms with Gasteiger partial charge in [0.25, 0.3) is 0 Å². The van der Waals surface area contributed by atoms with Crippen LogP contribution in [0.2, 0.25) is 0 Å². The fourth-order valence-corrected chi connectivity index (χ4v) is 1.35. The predicted molar refractivity (Wildman–Crippen MR) is 59.9 cm³/mol. The van der Waals surface area contributed by atoms with Gasteiger partial charge >= 0.3 is 5.97 Å². The maximum atomic E-state index is 13.2. The van der Waals surface area contributed by atoms with Gasteiger partial charge < -0.3 is 10.4 Å². The summed E-state index contributed by atoms with van der Waals surface area (Å²) in [7, 11) is 0. The first-order chi connectivity index (χ1) is 8.43. The maximum Gasteiger partial charge on any atom is 0.315 e. The van der Waals surface area contributed by atoms with Crippen LogP contribution in [0.25, 0.3) is 0 Å². The Kier molecular flexibility index (Phi) is 4.76. The molecular weight excluding hydrogens is 244 g/mol. The molecule has 6 heteroatoms. The molecule has 0 radical (unpaired) electrons. The number of nitrogens with one attached hydrogen (secondary N) is 1. The average molecular weight is 257 g/mol. The predicted octanol–water partition coefficient (Wildman–Crippen LogP) is 1.34. The maximum absolute atomic E-state index is 13.2. The van der Waals surface area contributed by atoms with E-state index in [1.807, 2.05) is 0 Å². The van der Waals surface area contributed by atoms with Gasteiger partial charge in [-0.1, -0.05) is 6.07 Å². The molecule has 98 valence electrons. The largest absolute Gasteiger partial charge is 0.481 e. The van der Waals surface area contributed by atoms with E-state index in [4.69, 9.17) is 5.11 Å².